The van der Waals surface area contributed by atoms with Crippen LogP contribution in [0, 0.1) is 0 Å². The van der Waals surface area contributed by atoms with E-state index in [9.17, 15) is 9.59 Å². The number of aromatic nitrogens is 1. The van der Waals surface area contributed by atoms with Crippen molar-refractivity contribution in [2.24, 2.45) is 0 Å². The van der Waals surface area contributed by atoms with Gasteiger partial charge in [-0.1, -0.05) is 11.6 Å². The number of nitrogens with zero attached hydrogens (tertiary/aromatic N) is 1. The minimum Gasteiger partial charge on any atom is -0.494 e. The van der Waals surface area contributed by atoms with Crippen LogP contribution in [0.4, 0.5) is 0 Å². The number of hydrogen-bond donors (Lipinski definition) is 1. The van der Waals surface area contributed by atoms with Crippen molar-refractivity contribution in [1.82, 2.24) is 9.88 Å². The van der Waals surface area contributed by atoms with Crippen molar-refractivity contribution in [3.8, 4) is 11.5 Å². The number of nitrogens with one attached hydrogen (secondary N) is 1. The normalized spacial score (nSPS) is 10.7. The maximum absolute atomic E-state index is 12.1. The molecule has 1 aromatic heterocycles. The van der Waals surface area contributed by atoms with Gasteiger partial charge in [0, 0.05) is 11.1 Å². The van der Waals surface area contributed by atoms with Gasteiger partial charge in [-0.3, -0.25) is 9.36 Å². The molecule has 0 aliphatic rings. The topological polar surface area (TPSA) is 82.7 Å². The van der Waals surface area contributed by atoms with Crippen LogP contribution >= 0.6 is 11.6 Å². The van der Waals surface area contributed by atoms with Gasteiger partial charge in [0.15, 0.2) is 5.58 Å². The smallest absolute Gasteiger partial charge is 0.420 e. The zero-order valence-electron chi connectivity index (χ0n) is 14.7. The molecule has 1 heterocycles. The van der Waals surface area contributed by atoms with Crippen LogP contribution in [0.1, 0.15) is 6.92 Å². The second-order valence-corrected chi connectivity index (χ2v) is 6.11. The van der Waals surface area contributed by atoms with Crippen LogP contribution in [-0.4, -0.2) is 30.2 Å². The fourth-order valence-electron chi connectivity index (χ4n) is 2.55. The van der Waals surface area contributed by atoms with E-state index in [1.165, 1.54) is 10.6 Å². The monoisotopic (exact) mass is 390 g/mol. The Kier molecular flexibility index (Phi) is 6.03. The third-order valence-electron chi connectivity index (χ3n) is 3.76. The van der Waals surface area contributed by atoms with Crippen LogP contribution in [0.3, 0.4) is 0 Å². The molecule has 2 aromatic carbocycles. The lowest BCUT2D eigenvalue weighted by Crippen LogP contribution is -2.33. The molecule has 0 aliphatic heterocycles. The lowest BCUT2D eigenvalue weighted by atomic mass is 10.3. The zero-order valence-corrected chi connectivity index (χ0v) is 15.5. The van der Waals surface area contributed by atoms with Crippen LogP contribution in [0.5, 0.6) is 11.5 Å². The van der Waals surface area contributed by atoms with Gasteiger partial charge in [-0.15, -0.1) is 0 Å². The Morgan fingerprint density at radius 3 is 2.56 bits per heavy atom. The number of halogens is 1. The summed E-state index contributed by atoms with van der Waals surface area (Å²) in [5.74, 6) is 0.539. The Balaban J connectivity index is 1.49. The molecule has 0 spiro atoms. The van der Waals surface area contributed by atoms with Crippen molar-refractivity contribution in [1.29, 1.82) is 0 Å². The highest BCUT2D eigenvalue weighted by Crippen LogP contribution is 2.18. The van der Waals surface area contributed by atoms with Gasteiger partial charge in [0.1, 0.15) is 24.7 Å². The molecule has 0 atom stereocenters. The molecular weight excluding hydrogens is 372 g/mol. The fourth-order valence-corrected chi connectivity index (χ4v) is 2.71. The number of ether oxygens (including phenoxy) is 2. The number of rotatable bonds is 8. The van der Waals surface area contributed by atoms with Gasteiger partial charge in [0.05, 0.1) is 18.7 Å². The molecule has 142 valence electrons. The number of benzene rings is 2. The number of carbonyl (C=O) groups excluding carboxylic acids is 1. The molecule has 8 heteroatoms. The van der Waals surface area contributed by atoms with E-state index in [0.29, 0.717) is 41.6 Å². The molecule has 0 bridgehead atoms. The molecule has 1 N–H and O–H groups in total. The number of hydrogen-bond acceptors (Lipinski definition) is 5. The summed E-state index contributed by atoms with van der Waals surface area (Å²) in [7, 11) is 0. The largest absolute Gasteiger partial charge is 0.494 e. The maximum atomic E-state index is 12.1. The number of amides is 1. The van der Waals surface area contributed by atoms with Gasteiger partial charge in [-0.25, -0.2) is 4.79 Å². The van der Waals surface area contributed by atoms with Crippen LogP contribution in [0.15, 0.2) is 51.7 Å². The predicted molar refractivity (Wildman–Crippen MR) is 102 cm³/mol. The van der Waals surface area contributed by atoms with E-state index in [-0.39, 0.29) is 12.5 Å². The van der Waals surface area contributed by atoms with Crippen molar-refractivity contribution in [3.63, 3.8) is 0 Å². The molecule has 0 saturated carbocycles. The van der Waals surface area contributed by atoms with Gasteiger partial charge in [-0.2, -0.15) is 0 Å². The summed E-state index contributed by atoms with van der Waals surface area (Å²) in [6.45, 7) is 2.99. The Morgan fingerprint density at radius 1 is 1.15 bits per heavy atom. The number of oxazole rings is 1. The molecule has 1 amide bonds. The second-order valence-electron chi connectivity index (χ2n) is 5.67. The van der Waals surface area contributed by atoms with Crippen LogP contribution in [0.2, 0.25) is 5.02 Å². The fraction of sp³-hybridized carbons (Fsp3) is 0.263. The average Bonchev–Trinajstić information content (AvgIpc) is 2.95. The summed E-state index contributed by atoms with van der Waals surface area (Å²) in [6, 6.07) is 12.1. The molecule has 0 saturated heterocycles. The lowest BCUT2D eigenvalue weighted by Gasteiger charge is -2.09. The summed E-state index contributed by atoms with van der Waals surface area (Å²) in [5.41, 5.74) is 0.865. The summed E-state index contributed by atoms with van der Waals surface area (Å²) in [6.07, 6.45) is 0. The van der Waals surface area contributed by atoms with Crippen molar-refractivity contribution < 1.29 is 18.7 Å². The van der Waals surface area contributed by atoms with E-state index in [0.717, 1.165) is 5.75 Å². The number of fused-ring (bicyclic) bond motifs is 1. The minimum atomic E-state index is -0.604. The van der Waals surface area contributed by atoms with E-state index in [4.69, 9.17) is 25.5 Å². The van der Waals surface area contributed by atoms with Crippen molar-refractivity contribution in [2.45, 2.75) is 13.5 Å². The molecule has 0 radical (unpaired) electrons. The van der Waals surface area contributed by atoms with Crippen LogP contribution in [0.25, 0.3) is 11.1 Å². The molecule has 3 rings (SSSR count). The first-order valence-electron chi connectivity index (χ1n) is 8.48. The molecular formula is C19H19ClN2O5. The van der Waals surface area contributed by atoms with Crippen molar-refractivity contribution in [3.05, 3.63) is 58.0 Å². The van der Waals surface area contributed by atoms with Gasteiger partial charge < -0.3 is 19.2 Å². The summed E-state index contributed by atoms with van der Waals surface area (Å²) in [5, 5.41) is 3.17. The maximum Gasteiger partial charge on any atom is 0.420 e. The highest BCUT2D eigenvalue weighted by atomic mass is 35.5. The summed E-state index contributed by atoms with van der Waals surface area (Å²) in [4.78, 5) is 24.0. The van der Waals surface area contributed by atoms with E-state index in [1.807, 2.05) is 19.1 Å². The highest BCUT2D eigenvalue weighted by Gasteiger charge is 2.12. The molecule has 27 heavy (non-hydrogen) atoms. The first kappa shape index (κ1) is 18.8. The summed E-state index contributed by atoms with van der Waals surface area (Å²) >= 11 is 5.87. The first-order chi connectivity index (χ1) is 13.1. The third-order valence-corrected chi connectivity index (χ3v) is 3.99. The second kappa shape index (κ2) is 8.64. The van der Waals surface area contributed by atoms with Crippen molar-refractivity contribution >= 4 is 28.6 Å². The number of carbonyl (C=O) groups is 1. The standard InChI is InChI=1S/C19H19ClN2O5/c1-2-25-14-4-6-15(7-5-14)26-10-9-21-18(23)12-22-16-8-3-13(20)11-17(16)27-19(22)24/h3-8,11H,2,9-10,12H2,1H3,(H,21,23). The minimum absolute atomic E-state index is 0.142. The van der Waals surface area contributed by atoms with Crippen LogP contribution < -0.4 is 20.5 Å². The van der Waals surface area contributed by atoms with Crippen LogP contribution in [-0.2, 0) is 11.3 Å². The quantitative estimate of drug-likeness (QED) is 0.598. The first-order valence-corrected chi connectivity index (χ1v) is 8.86. The van der Waals surface area contributed by atoms with E-state index < -0.39 is 5.76 Å². The Bertz CT molecular complexity index is 978. The van der Waals surface area contributed by atoms with E-state index in [2.05, 4.69) is 5.32 Å². The van der Waals surface area contributed by atoms with E-state index >= 15 is 0 Å². The molecule has 0 aliphatic carbocycles. The molecule has 3 aromatic rings. The summed E-state index contributed by atoms with van der Waals surface area (Å²) < 4.78 is 17.3. The van der Waals surface area contributed by atoms with Gasteiger partial charge >= 0.3 is 5.76 Å². The average molecular weight is 391 g/mol. The predicted octanol–water partition coefficient (Wildman–Crippen LogP) is 2.84. The Hall–Kier alpha value is -2.93. The molecule has 0 fully saturated rings. The van der Waals surface area contributed by atoms with Gasteiger partial charge in [-0.05, 0) is 43.3 Å². The molecule has 7 nitrogen and oxygen atoms in total. The Labute approximate surface area is 160 Å². The highest BCUT2D eigenvalue weighted by molar-refractivity contribution is 6.31. The zero-order chi connectivity index (χ0) is 19.2. The molecule has 0 unspecified atom stereocenters. The van der Waals surface area contributed by atoms with Gasteiger partial charge in [0.2, 0.25) is 5.91 Å². The third kappa shape index (κ3) is 4.83. The Morgan fingerprint density at radius 2 is 1.85 bits per heavy atom. The lowest BCUT2D eigenvalue weighted by molar-refractivity contribution is -0.121. The van der Waals surface area contributed by atoms with E-state index in [1.54, 1.807) is 24.3 Å². The van der Waals surface area contributed by atoms with Gasteiger partial charge in [0.25, 0.3) is 0 Å². The SMILES string of the molecule is CCOc1ccc(OCCNC(=O)Cn2c(=O)oc3cc(Cl)ccc32)cc1. The van der Waals surface area contributed by atoms with Crippen molar-refractivity contribution in [2.75, 3.05) is 19.8 Å².